The molecule has 26 heavy (non-hydrogen) atoms. The minimum absolute atomic E-state index is 0.0264. The first kappa shape index (κ1) is 18.1. The predicted octanol–water partition coefficient (Wildman–Crippen LogP) is 2.23. The molecule has 134 valence electrons. The van der Waals surface area contributed by atoms with Gasteiger partial charge in [0.2, 0.25) is 9.84 Å². The summed E-state index contributed by atoms with van der Waals surface area (Å²) in [6, 6.07) is 15.6. The Labute approximate surface area is 151 Å². The normalized spacial score (nSPS) is 12.0. The smallest absolute Gasteiger partial charge is 0.268 e. The van der Waals surface area contributed by atoms with Crippen molar-refractivity contribution in [2.24, 2.45) is 0 Å². The van der Waals surface area contributed by atoms with E-state index < -0.39 is 25.4 Å². The van der Waals surface area contributed by atoms with E-state index in [1.54, 1.807) is 30.3 Å². The lowest BCUT2D eigenvalue weighted by atomic mass is 10.2. The van der Waals surface area contributed by atoms with E-state index in [0.29, 0.717) is 3.97 Å². The summed E-state index contributed by atoms with van der Waals surface area (Å²) in [5.41, 5.74) is -0.0665. The van der Waals surface area contributed by atoms with Crippen molar-refractivity contribution in [1.29, 1.82) is 0 Å². The van der Waals surface area contributed by atoms with Gasteiger partial charge in [0.05, 0.1) is 14.7 Å². The molecule has 0 fully saturated rings. The number of pyridine rings is 1. The Hall–Kier alpha value is -2.71. The van der Waals surface area contributed by atoms with Crippen LogP contribution in [-0.2, 0) is 19.9 Å². The molecule has 0 amide bonds. The first-order valence-electron chi connectivity index (χ1n) is 7.58. The van der Waals surface area contributed by atoms with Crippen molar-refractivity contribution >= 4 is 19.9 Å². The van der Waals surface area contributed by atoms with Gasteiger partial charge in [-0.15, -0.1) is 0 Å². The zero-order chi connectivity index (χ0) is 18.9. The van der Waals surface area contributed by atoms with Gasteiger partial charge in [0.1, 0.15) is 0 Å². The average molecular weight is 389 g/mol. The maximum absolute atomic E-state index is 12.6. The van der Waals surface area contributed by atoms with E-state index in [9.17, 15) is 21.6 Å². The molecule has 6 nitrogen and oxygen atoms in total. The minimum atomic E-state index is -4.10. The molecule has 3 aromatic rings. The number of hydrogen-bond donors (Lipinski definition) is 0. The van der Waals surface area contributed by atoms with Crippen LogP contribution in [0.4, 0.5) is 0 Å². The molecular formula is C18H15NO5S2. The molecule has 1 aromatic heterocycles. The third-order valence-corrected chi connectivity index (χ3v) is 7.25. The molecule has 8 heteroatoms. The van der Waals surface area contributed by atoms with Gasteiger partial charge in [0, 0.05) is 12.3 Å². The van der Waals surface area contributed by atoms with Gasteiger partial charge in [-0.2, -0.15) is 0 Å². The summed E-state index contributed by atoms with van der Waals surface area (Å²) in [4.78, 5) is 12.0. The van der Waals surface area contributed by atoms with Gasteiger partial charge in [-0.3, -0.25) is 4.79 Å². The number of hydrogen-bond acceptors (Lipinski definition) is 5. The van der Waals surface area contributed by atoms with E-state index >= 15 is 0 Å². The Kier molecular flexibility index (Phi) is 4.55. The van der Waals surface area contributed by atoms with Gasteiger partial charge in [0.25, 0.3) is 15.6 Å². The van der Waals surface area contributed by atoms with Crippen molar-refractivity contribution in [2.75, 3.05) is 0 Å². The molecule has 0 spiro atoms. The highest BCUT2D eigenvalue weighted by atomic mass is 32.2. The van der Waals surface area contributed by atoms with Crippen molar-refractivity contribution in [2.45, 2.75) is 21.6 Å². The number of rotatable bonds is 4. The van der Waals surface area contributed by atoms with E-state index in [4.69, 9.17) is 0 Å². The lowest BCUT2D eigenvalue weighted by Gasteiger charge is -2.09. The van der Waals surface area contributed by atoms with Crippen molar-refractivity contribution in [3.05, 3.63) is 88.8 Å². The van der Waals surface area contributed by atoms with Gasteiger partial charge in [-0.1, -0.05) is 35.9 Å². The van der Waals surface area contributed by atoms with Crippen LogP contribution in [0.25, 0.3) is 0 Å². The summed E-state index contributed by atoms with van der Waals surface area (Å²) in [7, 11) is -8.01. The van der Waals surface area contributed by atoms with Gasteiger partial charge in [-0.25, -0.2) is 20.8 Å². The van der Waals surface area contributed by atoms with Crippen LogP contribution in [-0.4, -0.2) is 20.8 Å². The third kappa shape index (κ3) is 3.21. The van der Waals surface area contributed by atoms with E-state index in [0.717, 1.165) is 23.9 Å². The number of aromatic nitrogens is 1. The molecule has 0 atom stereocenters. The molecule has 0 saturated heterocycles. The summed E-state index contributed by atoms with van der Waals surface area (Å²) >= 11 is 0. The minimum Gasteiger partial charge on any atom is -0.268 e. The quantitative estimate of drug-likeness (QED) is 0.682. The van der Waals surface area contributed by atoms with Crippen LogP contribution in [0.5, 0.6) is 0 Å². The Balaban J connectivity index is 2.09. The Morgan fingerprint density at radius 3 is 1.92 bits per heavy atom. The van der Waals surface area contributed by atoms with Crippen LogP contribution >= 0.6 is 0 Å². The van der Waals surface area contributed by atoms with Crippen molar-refractivity contribution in [1.82, 2.24) is 3.97 Å². The fourth-order valence-corrected chi connectivity index (χ4v) is 4.87. The lowest BCUT2D eigenvalue weighted by molar-refractivity contribution is 0.583. The summed E-state index contributed by atoms with van der Waals surface area (Å²) in [5.74, 6) is 0. The second-order valence-electron chi connectivity index (χ2n) is 5.63. The summed E-state index contributed by atoms with van der Waals surface area (Å²) in [6.07, 6.45) is 0.966. The van der Waals surface area contributed by atoms with Crippen LogP contribution in [0.2, 0.25) is 0 Å². The molecular weight excluding hydrogens is 374 g/mol. The average Bonchev–Trinajstić information content (AvgIpc) is 2.62. The van der Waals surface area contributed by atoms with Crippen LogP contribution in [0.15, 0.2) is 92.4 Å². The molecule has 0 radical (unpaired) electrons. The first-order chi connectivity index (χ1) is 12.2. The predicted molar refractivity (Wildman–Crippen MR) is 96.4 cm³/mol. The van der Waals surface area contributed by atoms with Crippen LogP contribution in [0.3, 0.4) is 0 Å². The van der Waals surface area contributed by atoms with Gasteiger partial charge in [-0.05, 0) is 37.3 Å². The molecule has 3 rings (SSSR count). The molecule has 0 aliphatic heterocycles. The summed E-state index contributed by atoms with van der Waals surface area (Å²) in [6.45, 7) is 1.81. The van der Waals surface area contributed by atoms with E-state index in [1.165, 1.54) is 24.3 Å². The largest absolute Gasteiger partial charge is 0.270 e. The van der Waals surface area contributed by atoms with E-state index in [1.807, 2.05) is 6.92 Å². The summed E-state index contributed by atoms with van der Waals surface area (Å²) in [5, 5.41) is 0. The van der Waals surface area contributed by atoms with E-state index in [-0.39, 0.29) is 14.7 Å². The number of aryl methyl sites for hydroxylation is 1. The molecule has 1 heterocycles. The molecule has 0 saturated carbocycles. The highest BCUT2D eigenvalue weighted by molar-refractivity contribution is 7.91. The molecule has 0 bridgehead atoms. The second kappa shape index (κ2) is 6.54. The first-order valence-corrected chi connectivity index (χ1v) is 10.5. The molecule has 0 aliphatic carbocycles. The topological polar surface area (TPSA) is 90.3 Å². The molecule has 0 aliphatic rings. The number of benzene rings is 2. The fraction of sp³-hybridized carbons (Fsp3) is 0.0556. The lowest BCUT2D eigenvalue weighted by Crippen LogP contribution is -2.27. The number of nitrogens with zero attached hydrogens (tertiary/aromatic N) is 1. The molecule has 2 aromatic carbocycles. The van der Waals surface area contributed by atoms with Gasteiger partial charge in [0.15, 0.2) is 0 Å². The van der Waals surface area contributed by atoms with Crippen molar-refractivity contribution in [3.8, 4) is 0 Å². The highest BCUT2D eigenvalue weighted by Crippen LogP contribution is 2.20. The van der Waals surface area contributed by atoms with Gasteiger partial charge >= 0.3 is 0 Å². The zero-order valence-electron chi connectivity index (χ0n) is 13.7. The van der Waals surface area contributed by atoms with Crippen LogP contribution < -0.4 is 5.56 Å². The maximum Gasteiger partial charge on any atom is 0.270 e. The Morgan fingerprint density at radius 1 is 0.731 bits per heavy atom. The van der Waals surface area contributed by atoms with Crippen LogP contribution in [0, 0.1) is 6.92 Å². The molecule has 0 unspecified atom stereocenters. The Morgan fingerprint density at radius 2 is 1.35 bits per heavy atom. The zero-order valence-corrected chi connectivity index (χ0v) is 15.4. The van der Waals surface area contributed by atoms with E-state index in [2.05, 4.69) is 0 Å². The van der Waals surface area contributed by atoms with Crippen molar-refractivity contribution in [3.63, 3.8) is 0 Å². The fourth-order valence-electron chi connectivity index (χ4n) is 2.37. The third-order valence-electron chi connectivity index (χ3n) is 3.80. The SMILES string of the molecule is Cc1ccc(S(=O)(=O)n2ccc(S(=O)(=O)c3ccccc3)cc2=O)cc1. The summed E-state index contributed by atoms with van der Waals surface area (Å²) < 4.78 is 50.9. The molecule has 0 N–H and O–H groups in total. The van der Waals surface area contributed by atoms with Crippen LogP contribution in [0.1, 0.15) is 5.56 Å². The van der Waals surface area contributed by atoms with Gasteiger partial charge < -0.3 is 0 Å². The monoisotopic (exact) mass is 389 g/mol. The standard InChI is InChI=1S/C18H15NO5S2/c1-14-7-9-16(10-8-14)26(23,24)19-12-11-17(13-18(19)20)25(21,22)15-5-3-2-4-6-15/h2-13H,1H3. The maximum atomic E-state index is 12.6. The number of sulfone groups is 1. The van der Waals surface area contributed by atoms with Crippen molar-refractivity contribution < 1.29 is 16.8 Å². The Bertz CT molecular complexity index is 1210. The second-order valence-corrected chi connectivity index (χ2v) is 9.40. The highest BCUT2D eigenvalue weighted by Gasteiger charge is 2.22.